The molecule has 0 fully saturated rings. The van der Waals surface area contributed by atoms with Gasteiger partial charge in [0, 0.05) is 10.5 Å². The van der Waals surface area contributed by atoms with Crippen LogP contribution in [0.1, 0.15) is 24.1 Å². The quantitative estimate of drug-likeness (QED) is 0.895. The third-order valence-electron chi connectivity index (χ3n) is 2.85. The van der Waals surface area contributed by atoms with Crippen molar-refractivity contribution in [2.24, 2.45) is 0 Å². The number of nitriles is 1. The van der Waals surface area contributed by atoms with Gasteiger partial charge in [0.25, 0.3) is 0 Å². The molecule has 0 bridgehead atoms. The molecular weight excluding hydrogens is 307 g/mol. The van der Waals surface area contributed by atoms with E-state index >= 15 is 0 Å². The SMILES string of the molecule is CC(Nc1cccc(F)c1C#N)c1cccc(Br)c1. The highest BCUT2D eigenvalue weighted by Gasteiger charge is 2.11. The van der Waals surface area contributed by atoms with Crippen LogP contribution in [0.3, 0.4) is 0 Å². The highest BCUT2D eigenvalue weighted by Crippen LogP contribution is 2.25. The van der Waals surface area contributed by atoms with E-state index in [9.17, 15) is 4.39 Å². The molecule has 0 aliphatic carbocycles. The monoisotopic (exact) mass is 318 g/mol. The molecule has 0 saturated heterocycles. The predicted molar refractivity (Wildman–Crippen MR) is 77.3 cm³/mol. The summed E-state index contributed by atoms with van der Waals surface area (Å²) in [6, 6.07) is 14.3. The van der Waals surface area contributed by atoms with E-state index in [1.54, 1.807) is 12.1 Å². The van der Waals surface area contributed by atoms with Gasteiger partial charge in [-0.2, -0.15) is 5.26 Å². The van der Waals surface area contributed by atoms with Gasteiger partial charge in [-0.15, -0.1) is 0 Å². The van der Waals surface area contributed by atoms with E-state index in [0.29, 0.717) is 5.69 Å². The van der Waals surface area contributed by atoms with Crippen molar-refractivity contribution >= 4 is 21.6 Å². The number of hydrogen-bond acceptors (Lipinski definition) is 2. The second-order valence-corrected chi connectivity index (χ2v) is 5.11. The molecule has 96 valence electrons. The molecule has 19 heavy (non-hydrogen) atoms. The Morgan fingerprint density at radius 1 is 1.26 bits per heavy atom. The Hall–Kier alpha value is -1.86. The molecule has 2 aromatic carbocycles. The zero-order valence-electron chi connectivity index (χ0n) is 10.3. The van der Waals surface area contributed by atoms with Gasteiger partial charge in [0.2, 0.25) is 0 Å². The lowest BCUT2D eigenvalue weighted by atomic mass is 10.1. The third kappa shape index (κ3) is 3.12. The molecule has 1 atom stereocenters. The molecule has 1 N–H and O–H groups in total. The van der Waals surface area contributed by atoms with Crippen molar-refractivity contribution in [1.29, 1.82) is 5.26 Å². The van der Waals surface area contributed by atoms with Gasteiger partial charge in [-0.1, -0.05) is 34.1 Å². The summed E-state index contributed by atoms with van der Waals surface area (Å²) in [5, 5.41) is 12.2. The van der Waals surface area contributed by atoms with E-state index in [4.69, 9.17) is 5.26 Å². The van der Waals surface area contributed by atoms with Crippen LogP contribution >= 0.6 is 15.9 Å². The summed E-state index contributed by atoms with van der Waals surface area (Å²) in [6.45, 7) is 1.97. The maximum absolute atomic E-state index is 13.5. The number of halogens is 2. The summed E-state index contributed by atoms with van der Waals surface area (Å²) in [6.07, 6.45) is 0. The molecule has 2 aromatic rings. The largest absolute Gasteiger partial charge is 0.377 e. The van der Waals surface area contributed by atoms with Gasteiger partial charge in [0.1, 0.15) is 17.4 Å². The van der Waals surface area contributed by atoms with E-state index in [1.807, 2.05) is 37.3 Å². The lowest BCUT2D eigenvalue weighted by molar-refractivity contribution is 0.624. The fourth-order valence-corrected chi connectivity index (χ4v) is 2.27. The van der Waals surface area contributed by atoms with Gasteiger partial charge in [0.05, 0.1) is 5.69 Å². The number of benzene rings is 2. The van der Waals surface area contributed by atoms with E-state index in [1.165, 1.54) is 6.07 Å². The molecular formula is C15H12BrFN2. The van der Waals surface area contributed by atoms with Crippen molar-refractivity contribution in [3.8, 4) is 6.07 Å². The van der Waals surface area contributed by atoms with Crippen LogP contribution in [0.5, 0.6) is 0 Å². The molecule has 1 unspecified atom stereocenters. The van der Waals surface area contributed by atoms with Gasteiger partial charge < -0.3 is 5.32 Å². The second-order valence-electron chi connectivity index (χ2n) is 4.20. The fourth-order valence-electron chi connectivity index (χ4n) is 1.85. The van der Waals surface area contributed by atoms with Crippen molar-refractivity contribution in [1.82, 2.24) is 0 Å². The lowest BCUT2D eigenvalue weighted by Gasteiger charge is -2.17. The molecule has 0 radical (unpaired) electrons. The average molecular weight is 319 g/mol. The minimum Gasteiger partial charge on any atom is -0.377 e. The molecule has 0 aliphatic heterocycles. The Bertz CT molecular complexity index is 634. The Kier molecular flexibility index (Phi) is 4.18. The number of rotatable bonds is 3. The predicted octanol–water partition coefficient (Wildman–Crippen LogP) is 4.63. The molecule has 4 heteroatoms. The number of nitrogens with one attached hydrogen (secondary N) is 1. The first-order valence-electron chi connectivity index (χ1n) is 5.82. The topological polar surface area (TPSA) is 35.8 Å². The molecule has 0 aromatic heterocycles. The van der Waals surface area contributed by atoms with Crippen LogP contribution in [0.25, 0.3) is 0 Å². The first-order chi connectivity index (χ1) is 9.11. The van der Waals surface area contributed by atoms with Gasteiger partial charge in [-0.05, 0) is 36.8 Å². The zero-order chi connectivity index (χ0) is 13.8. The van der Waals surface area contributed by atoms with Crippen molar-refractivity contribution in [2.75, 3.05) is 5.32 Å². The average Bonchev–Trinajstić information content (AvgIpc) is 2.39. The van der Waals surface area contributed by atoms with E-state index in [0.717, 1.165) is 10.0 Å². The molecule has 0 spiro atoms. The highest BCUT2D eigenvalue weighted by molar-refractivity contribution is 9.10. The van der Waals surface area contributed by atoms with Crippen LogP contribution in [-0.4, -0.2) is 0 Å². The number of nitrogens with zero attached hydrogens (tertiary/aromatic N) is 1. The van der Waals surface area contributed by atoms with Crippen LogP contribution < -0.4 is 5.32 Å². The fraction of sp³-hybridized carbons (Fsp3) is 0.133. The van der Waals surface area contributed by atoms with Crippen molar-refractivity contribution in [2.45, 2.75) is 13.0 Å². The molecule has 0 heterocycles. The van der Waals surface area contributed by atoms with Crippen molar-refractivity contribution < 1.29 is 4.39 Å². The highest BCUT2D eigenvalue weighted by atomic mass is 79.9. The molecule has 2 nitrogen and oxygen atoms in total. The van der Waals surface area contributed by atoms with Crippen LogP contribution in [0, 0.1) is 17.1 Å². The standard InChI is InChI=1S/C15H12BrFN2/c1-10(11-4-2-5-12(16)8-11)19-15-7-3-6-14(17)13(15)9-18/h2-8,10,19H,1H3. The van der Waals surface area contributed by atoms with Crippen molar-refractivity contribution in [3.63, 3.8) is 0 Å². The van der Waals surface area contributed by atoms with Gasteiger partial charge in [0.15, 0.2) is 0 Å². The zero-order valence-corrected chi connectivity index (χ0v) is 11.9. The summed E-state index contributed by atoms with van der Waals surface area (Å²) in [5.41, 5.74) is 1.61. The maximum Gasteiger partial charge on any atom is 0.143 e. The van der Waals surface area contributed by atoms with Crippen LogP contribution in [0.4, 0.5) is 10.1 Å². The summed E-state index contributed by atoms with van der Waals surface area (Å²) < 4.78 is 14.5. The molecule has 2 rings (SSSR count). The third-order valence-corrected chi connectivity index (χ3v) is 3.34. The van der Waals surface area contributed by atoms with E-state index < -0.39 is 5.82 Å². The Morgan fingerprint density at radius 3 is 2.68 bits per heavy atom. The number of hydrogen-bond donors (Lipinski definition) is 1. The molecule has 0 aliphatic rings. The Balaban J connectivity index is 2.27. The first-order valence-corrected chi connectivity index (χ1v) is 6.61. The van der Waals surface area contributed by atoms with Crippen LogP contribution in [-0.2, 0) is 0 Å². The van der Waals surface area contributed by atoms with Crippen LogP contribution in [0.2, 0.25) is 0 Å². The van der Waals surface area contributed by atoms with E-state index in [-0.39, 0.29) is 11.6 Å². The first kappa shape index (κ1) is 13.6. The number of anilines is 1. The molecule has 0 amide bonds. The minimum atomic E-state index is -0.506. The van der Waals surface area contributed by atoms with Crippen LogP contribution in [0.15, 0.2) is 46.9 Å². The van der Waals surface area contributed by atoms with E-state index in [2.05, 4.69) is 21.2 Å². The lowest BCUT2D eigenvalue weighted by Crippen LogP contribution is -2.08. The summed E-state index contributed by atoms with van der Waals surface area (Å²) in [7, 11) is 0. The summed E-state index contributed by atoms with van der Waals surface area (Å²) in [4.78, 5) is 0. The summed E-state index contributed by atoms with van der Waals surface area (Å²) >= 11 is 3.42. The van der Waals surface area contributed by atoms with Crippen molar-refractivity contribution in [3.05, 3.63) is 63.9 Å². The molecule has 0 saturated carbocycles. The van der Waals surface area contributed by atoms with Gasteiger partial charge in [-0.25, -0.2) is 4.39 Å². The Labute approximate surface area is 120 Å². The van der Waals surface area contributed by atoms with Gasteiger partial charge >= 0.3 is 0 Å². The Morgan fingerprint density at radius 2 is 2.00 bits per heavy atom. The smallest absolute Gasteiger partial charge is 0.143 e. The van der Waals surface area contributed by atoms with Gasteiger partial charge in [-0.3, -0.25) is 0 Å². The minimum absolute atomic E-state index is 0.0219. The maximum atomic E-state index is 13.5. The second kappa shape index (κ2) is 5.85. The summed E-state index contributed by atoms with van der Waals surface area (Å²) in [5.74, 6) is -0.506. The normalized spacial score (nSPS) is 11.7.